The Balaban J connectivity index is 2.02. The summed E-state index contributed by atoms with van der Waals surface area (Å²) in [5.41, 5.74) is 2.60. The minimum absolute atomic E-state index is 0.128. The molecule has 0 saturated heterocycles. The van der Waals surface area contributed by atoms with Gasteiger partial charge in [-0.3, -0.25) is 9.78 Å². The van der Waals surface area contributed by atoms with E-state index in [4.69, 9.17) is 4.74 Å². The van der Waals surface area contributed by atoms with Gasteiger partial charge in [0.15, 0.2) is 0 Å². The molecule has 1 aliphatic rings. The van der Waals surface area contributed by atoms with Gasteiger partial charge in [0.25, 0.3) is 5.91 Å². The number of hydrogen-bond donors (Lipinski definition) is 1. The van der Waals surface area contributed by atoms with Crippen LogP contribution in [0.5, 0.6) is 5.75 Å². The fourth-order valence-electron chi connectivity index (χ4n) is 2.83. The average Bonchev–Trinajstić information content (AvgIpc) is 2.88. The first kappa shape index (κ1) is 17.4. The molecule has 0 aliphatic carbocycles. The molecule has 132 valence electrons. The molecule has 0 spiro atoms. The highest BCUT2D eigenvalue weighted by molar-refractivity contribution is 6.16. The maximum Gasteiger partial charge on any atom is 0.340 e. The predicted molar refractivity (Wildman–Crippen MR) is 95.6 cm³/mol. The maximum absolute atomic E-state index is 13.0. The first-order valence-corrected chi connectivity index (χ1v) is 8.02. The second-order valence-corrected chi connectivity index (χ2v) is 5.85. The summed E-state index contributed by atoms with van der Waals surface area (Å²) >= 11 is 0. The zero-order valence-electron chi connectivity index (χ0n) is 14.5. The van der Waals surface area contributed by atoms with Crippen LogP contribution in [0.15, 0.2) is 65.6 Å². The number of rotatable bonds is 4. The second kappa shape index (κ2) is 7.23. The number of phenols is 1. The van der Waals surface area contributed by atoms with E-state index in [1.165, 1.54) is 24.1 Å². The SMILES string of the molecule is COC(=O)C1=C(C)N(Cc2cccnc2)C(=O)/C1=C/c1ccc(O)cc1. The Bertz CT molecular complexity index is 899. The van der Waals surface area contributed by atoms with Crippen LogP contribution in [0, 0.1) is 0 Å². The van der Waals surface area contributed by atoms with Crippen molar-refractivity contribution in [2.45, 2.75) is 13.5 Å². The number of pyridine rings is 1. The number of esters is 1. The molecule has 26 heavy (non-hydrogen) atoms. The van der Waals surface area contributed by atoms with Crippen molar-refractivity contribution in [3.63, 3.8) is 0 Å². The van der Waals surface area contributed by atoms with Crippen LogP contribution in [-0.4, -0.2) is 34.0 Å². The lowest BCUT2D eigenvalue weighted by atomic mass is 10.0. The molecule has 6 nitrogen and oxygen atoms in total. The normalized spacial score (nSPS) is 15.7. The van der Waals surface area contributed by atoms with Gasteiger partial charge in [0.05, 0.1) is 24.8 Å². The molecule has 0 saturated carbocycles. The van der Waals surface area contributed by atoms with Crippen molar-refractivity contribution in [1.29, 1.82) is 0 Å². The van der Waals surface area contributed by atoms with Crippen LogP contribution in [0.1, 0.15) is 18.1 Å². The molecule has 0 bridgehead atoms. The summed E-state index contributed by atoms with van der Waals surface area (Å²) in [6.07, 6.45) is 4.97. The molecule has 3 rings (SSSR count). The fraction of sp³-hybridized carbons (Fsp3) is 0.150. The number of ether oxygens (including phenoxy) is 1. The summed E-state index contributed by atoms with van der Waals surface area (Å²) in [4.78, 5) is 30.8. The Hall–Kier alpha value is -3.41. The lowest BCUT2D eigenvalue weighted by Crippen LogP contribution is -2.24. The minimum Gasteiger partial charge on any atom is -0.508 e. The summed E-state index contributed by atoms with van der Waals surface area (Å²) in [5.74, 6) is -0.711. The molecule has 1 N–H and O–H groups in total. The van der Waals surface area contributed by atoms with Gasteiger partial charge in [0.2, 0.25) is 0 Å². The largest absolute Gasteiger partial charge is 0.508 e. The molecule has 0 atom stereocenters. The standard InChI is InChI=1S/C20H18N2O4/c1-13-18(20(25)26-2)17(10-14-5-7-16(23)8-6-14)19(24)22(13)12-15-4-3-9-21-11-15/h3-11,23H,12H2,1-2H3/b17-10+. The number of amides is 1. The quantitative estimate of drug-likeness (QED) is 0.677. The number of hydrogen-bond acceptors (Lipinski definition) is 5. The van der Waals surface area contributed by atoms with Crippen LogP contribution in [-0.2, 0) is 20.9 Å². The summed E-state index contributed by atoms with van der Waals surface area (Å²) in [7, 11) is 1.29. The van der Waals surface area contributed by atoms with Gasteiger partial charge in [-0.05, 0) is 42.3 Å². The third kappa shape index (κ3) is 3.35. The fourth-order valence-corrected chi connectivity index (χ4v) is 2.83. The van der Waals surface area contributed by atoms with Crippen molar-refractivity contribution in [2.24, 2.45) is 0 Å². The molecule has 2 aromatic rings. The van der Waals surface area contributed by atoms with E-state index < -0.39 is 5.97 Å². The van der Waals surface area contributed by atoms with Gasteiger partial charge in [-0.25, -0.2) is 4.79 Å². The first-order valence-electron chi connectivity index (χ1n) is 8.02. The van der Waals surface area contributed by atoms with Gasteiger partial charge < -0.3 is 14.7 Å². The molecule has 1 amide bonds. The van der Waals surface area contributed by atoms with Gasteiger partial charge >= 0.3 is 5.97 Å². The highest BCUT2D eigenvalue weighted by atomic mass is 16.5. The van der Waals surface area contributed by atoms with Gasteiger partial charge in [0.1, 0.15) is 5.75 Å². The number of aromatic nitrogens is 1. The number of nitrogens with zero attached hydrogens (tertiary/aromatic N) is 2. The van der Waals surface area contributed by atoms with E-state index in [2.05, 4.69) is 4.98 Å². The number of carbonyl (C=O) groups is 2. The molecular weight excluding hydrogens is 332 g/mol. The van der Waals surface area contributed by atoms with E-state index in [0.29, 0.717) is 17.8 Å². The third-order valence-corrected chi connectivity index (χ3v) is 4.17. The number of methoxy groups -OCH3 is 1. The van der Waals surface area contributed by atoms with Gasteiger partial charge in [-0.2, -0.15) is 0 Å². The number of allylic oxidation sites excluding steroid dienone is 1. The summed E-state index contributed by atoms with van der Waals surface area (Å²) in [6.45, 7) is 2.03. The molecule has 2 heterocycles. The Kier molecular flexibility index (Phi) is 4.84. The number of phenolic OH excluding ortho intramolecular Hbond substituents is 1. The highest BCUT2D eigenvalue weighted by Crippen LogP contribution is 2.32. The number of benzene rings is 1. The predicted octanol–water partition coefficient (Wildman–Crippen LogP) is 2.66. The molecule has 1 aromatic heterocycles. The lowest BCUT2D eigenvalue weighted by molar-refractivity contribution is -0.136. The first-order chi connectivity index (χ1) is 12.5. The van der Waals surface area contributed by atoms with Crippen LogP contribution in [0.4, 0.5) is 0 Å². The Labute approximate surface area is 151 Å². The second-order valence-electron chi connectivity index (χ2n) is 5.85. The molecular formula is C20H18N2O4. The van der Waals surface area contributed by atoms with E-state index >= 15 is 0 Å². The molecule has 0 unspecified atom stereocenters. The van der Waals surface area contributed by atoms with Crippen LogP contribution < -0.4 is 0 Å². The molecule has 1 aliphatic heterocycles. The molecule has 1 aromatic carbocycles. The topological polar surface area (TPSA) is 79.7 Å². The minimum atomic E-state index is -0.561. The van der Waals surface area contributed by atoms with E-state index in [9.17, 15) is 14.7 Å². The van der Waals surface area contributed by atoms with Crippen molar-refractivity contribution >= 4 is 18.0 Å². The summed E-state index contributed by atoms with van der Waals surface area (Å²) in [5, 5.41) is 9.41. The average molecular weight is 350 g/mol. The Morgan fingerprint density at radius 3 is 2.62 bits per heavy atom. The number of aromatic hydroxyl groups is 1. The van der Waals surface area contributed by atoms with Crippen LogP contribution in [0.3, 0.4) is 0 Å². The van der Waals surface area contributed by atoms with Crippen molar-refractivity contribution in [3.05, 3.63) is 76.8 Å². The van der Waals surface area contributed by atoms with Crippen LogP contribution in [0.25, 0.3) is 6.08 Å². The van der Waals surface area contributed by atoms with Crippen LogP contribution in [0.2, 0.25) is 0 Å². The van der Waals surface area contributed by atoms with E-state index in [0.717, 1.165) is 5.56 Å². The maximum atomic E-state index is 13.0. The molecule has 6 heteroatoms. The van der Waals surface area contributed by atoms with E-state index in [1.807, 2.05) is 6.07 Å². The third-order valence-electron chi connectivity index (χ3n) is 4.17. The van der Waals surface area contributed by atoms with E-state index in [-0.39, 0.29) is 22.8 Å². The van der Waals surface area contributed by atoms with Gasteiger partial charge in [-0.1, -0.05) is 18.2 Å². The van der Waals surface area contributed by atoms with Crippen molar-refractivity contribution < 1.29 is 19.4 Å². The smallest absolute Gasteiger partial charge is 0.340 e. The van der Waals surface area contributed by atoms with E-state index in [1.54, 1.807) is 43.6 Å². The van der Waals surface area contributed by atoms with Crippen molar-refractivity contribution in [2.75, 3.05) is 7.11 Å². The molecule has 0 fully saturated rings. The van der Waals surface area contributed by atoms with Crippen molar-refractivity contribution in [1.82, 2.24) is 9.88 Å². The lowest BCUT2D eigenvalue weighted by Gasteiger charge is -2.17. The highest BCUT2D eigenvalue weighted by Gasteiger charge is 2.36. The Morgan fingerprint density at radius 2 is 2.00 bits per heavy atom. The monoisotopic (exact) mass is 350 g/mol. The zero-order chi connectivity index (χ0) is 18.7. The summed E-state index contributed by atoms with van der Waals surface area (Å²) < 4.78 is 4.87. The zero-order valence-corrected chi connectivity index (χ0v) is 14.5. The Morgan fingerprint density at radius 1 is 1.27 bits per heavy atom. The van der Waals surface area contributed by atoms with Crippen LogP contribution >= 0.6 is 0 Å². The summed E-state index contributed by atoms with van der Waals surface area (Å²) in [6, 6.07) is 10.0. The van der Waals surface area contributed by atoms with Gasteiger partial charge in [0, 0.05) is 18.1 Å². The number of carbonyl (C=O) groups excluding carboxylic acids is 2. The van der Waals surface area contributed by atoms with Gasteiger partial charge in [-0.15, -0.1) is 0 Å². The van der Waals surface area contributed by atoms with Crippen molar-refractivity contribution in [3.8, 4) is 5.75 Å². The molecule has 0 radical (unpaired) electrons.